The van der Waals surface area contributed by atoms with Crippen LogP contribution >= 0.6 is 0 Å². The highest BCUT2D eigenvalue weighted by atomic mass is 19.4. The van der Waals surface area contributed by atoms with Crippen LogP contribution < -0.4 is 0 Å². The van der Waals surface area contributed by atoms with Crippen LogP contribution in [0.1, 0.15) is 19.3 Å². The van der Waals surface area contributed by atoms with Gasteiger partial charge < -0.3 is 10.2 Å². The fourth-order valence-electron chi connectivity index (χ4n) is 2.01. The lowest BCUT2D eigenvalue weighted by Gasteiger charge is -2.38. The summed E-state index contributed by atoms with van der Waals surface area (Å²) in [4.78, 5) is 0. The lowest BCUT2D eigenvalue weighted by molar-refractivity contribution is -0.389. The molecule has 1 fully saturated rings. The second-order valence-corrected chi connectivity index (χ2v) is 3.87. The van der Waals surface area contributed by atoms with Crippen LogP contribution in [0.5, 0.6) is 0 Å². The molecule has 96 valence electrons. The number of hydrogen-bond acceptors (Lipinski definition) is 2. The standard InChI is InChI=1S/C8H10F6O2/c9-7(10,11)6(16,8(12,13)14)4-2-1-3-5(4)15/h4-5,15-16H,1-3H2/t4-,5+/m0/s1. The SMILES string of the molecule is O[C@@H]1CCC[C@@H]1C(O)(C(F)(F)F)C(F)(F)F. The molecule has 0 amide bonds. The predicted octanol–water partition coefficient (Wildman–Crippen LogP) is 2.00. The van der Waals surface area contributed by atoms with Crippen LogP contribution in [0, 0.1) is 5.92 Å². The zero-order valence-corrected chi connectivity index (χ0v) is 7.94. The third kappa shape index (κ3) is 1.88. The van der Waals surface area contributed by atoms with E-state index in [1.807, 2.05) is 0 Å². The first-order chi connectivity index (χ1) is 7.02. The molecule has 2 atom stereocenters. The Balaban J connectivity index is 3.15. The summed E-state index contributed by atoms with van der Waals surface area (Å²) in [5.74, 6) is -2.24. The molecule has 1 rings (SSSR count). The molecule has 0 aromatic carbocycles. The zero-order valence-electron chi connectivity index (χ0n) is 7.94. The summed E-state index contributed by atoms with van der Waals surface area (Å²) < 4.78 is 74.1. The fourth-order valence-corrected chi connectivity index (χ4v) is 2.01. The molecule has 1 aliphatic carbocycles. The van der Waals surface area contributed by atoms with Crippen molar-refractivity contribution in [2.45, 2.75) is 43.3 Å². The van der Waals surface area contributed by atoms with Crippen molar-refractivity contribution in [1.82, 2.24) is 0 Å². The number of alkyl halides is 6. The quantitative estimate of drug-likeness (QED) is 0.701. The summed E-state index contributed by atoms with van der Waals surface area (Å²) >= 11 is 0. The van der Waals surface area contributed by atoms with Gasteiger partial charge in [-0.15, -0.1) is 0 Å². The molecule has 0 saturated heterocycles. The molecule has 0 bridgehead atoms. The Morgan fingerprint density at radius 1 is 0.875 bits per heavy atom. The third-order valence-corrected chi connectivity index (χ3v) is 2.88. The van der Waals surface area contributed by atoms with Gasteiger partial charge in [0.25, 0.3) is 5.60 Å². The van der Waals surface area contributed by atoms with Gasteiger partial charge in [-0.05, 0) is 12.8 Å². The van der Waals surface area contributed by atoms with E-state index in [2.05, 4.69) is 0 Å². The van der Waals surface area contributed by atoms with E-state index in [0.717, 1.165) is 0 Å². The topological polar surface area (TPSA) is 40.5 Å². The van der Waals surface area contributed by atoms with Gasteiger partial charge >= 0.3 is 12.4 Å². The molecule has 0 aromatic rings. The van der Waals surface area contributed by atoms with E-state index in [4.69, 9.17) is 10.2 Å². The summed E-state index contributed by atoms with van der Waals surface area (Å²) in [5, 5.41) is 18.0. The Morgan fingerprint density at radius 2 is 1.31 bits per heavy atom. The highest BCUT2D eigenvalue weighted by Crippen LogP contribution is 2.52. The molecule has 1 saturated carbocycles. The summed E-state index contributed by atoms with van der Waals surface area (Å²) in [6, 6.07) is 0. The van der Waals surface area contributed by atoms with Crippen molar-refractivity contribution in [3.63, 3.8) is 0 Å². The molecule has 16 heavy (non-hydrogen) atoms. The van der Waals surface area contributed by atoms with E-state index >= 15 is 0 Å². The smallest absolute Gasteiger partial charge is 0.393 e. The average molecular weight is 252 g/mol. The number of aliphatic hydroxyl groups excluding tert-OH is 1. The van der Waals surface area contributed by atoms with E-state index in [1.165, 1.54) is 0 Å². The largest absolute Gasteiger partial charge is 0.426 e. The first-order valence-electron chi connectivity index (χ1n) is 4.55. The molecule has 0 unspecified atom stereocenters. The average Bonchev–Trinajstić information content (AvgIpc) is 2.46. The Kier molecular flexibility index (Phi) is 3.19. The minimum absolute atomic E-state index is 0.0281. The number of aliphatic hydroxyl groups is 2. The van der Waals surface area contributed by atoms with Crippen LogP contribution in [-0.4, -0.2) is 34.3 Å². The molecule has 8 heteroatoms. The van der Waals surface area contributed by atoms with Crippen LogP contribution in [0.4, 0.5) is 26.3 Å². The van der Waals surface area contributed by atoms with E-state index in [9.17, 15) is 26.3 Å². The van der Waals surface area contributed by atoms with Gasteiger partial charge in [-0.2, -0.15) is 26.3 Å². The number of halogens is 6. The van der Waals surface area contributed by atoms with Crippen molar-refractivity contribution in [1.29, 1.82) is 0 Å². The zero-order chi connectivity index (χ0) is 12.8. The van der Waals surface area contributed by atoms with Crippen LogP contribution in [0.15, 0.2) is 0 Å². The van der Waals surface area contributed by atoms with Crippen LogP contribution in [0.2, 0.25) is 0 Å². The fraction of sp³-hybridized carbons (Fsp3) is 1.00. The van der Waals surface area contributed by atoms with E-state index in [1.54, 1.807) is 0 Å². The summed E-state index contributed by atoms with van der Waals surface area (Å²) in [6.45, 7) is 0. The van der Waals surface area contributed by atoms with Gasteiger partial charge in [0.15, 0.2) is 0 Å². The molecular formula is C8H10F6O2. The van der Waals surface area contributed by atoms with Gasteiger partial charge in [0.1, 0.15) is 0 Å². The monoisotopic (exact) mass is 252 g/mol. The molecule has 0 aliphatic heterocycles. The minimum Gasteiger partial charge on any atom is -0.393 e. The number of rotatable bonds is 1. The van der Waals surface area contributed by atoms with Gasteiger partial charge in [0, 0.05) is 5.92 Å². The molecule has 0 radical (unpaired) electrons. The Bertz CT molecular complexity index is 244. The van der Waals surface area contributed by atoms with Crippen LogP contribution in [-0.2, 0) is 0 Å². The van der Waals surface area contributed by atoms with E-state index in [0.29, 0.717) is 0 Å². The first-order valence-corrected chi connectivity index (χ1v) is 4.55. The van der Waals surface area contributed by atoms with Crippen LogP contribution in [0.3, 0.4) is 0 Å². The molecule has 1 aliphatic rings. The maximum absolute atomic E-state index is 12.3. The molecule has 0 spiro atoms. The maximum Gasteiger partial charge on any atom is 0.426 e. The number of hydrogen-bond donors (Lipinski definition) is 2. The van der Waals surface area contributed by atoms with Crippen LogP contribution in [0.25, 0.3) is 0 Å². The van der Waals surface area contributed by atoms with Crippen molar-refractivity contribution in [2.24, 2.45) is 5.92 Å². The van der Waals surface area contributed by atoms with Gasteiger partial charge in [0.05, 0.1) is 6.10 Å². The van der Waals surface area contributed by atoms with Crippen molar-refractivity contribution < 1.29 is 36.6 Å². The molecule has 2 N–H and O–H groups in total. The van der Waals surface area contributed by atoms with E-state index in [-0.39, 0.29) is 12.8 Å². The second kappa shape index (κ2) is 3.76. The van der Waals surface area contributed by atoms with E-state index < -0.39 is 36.4 Å². The molecular weight excluding hydrogens is 242 g/mol. The van der Waals surface area contributed by atoms with Crippen molar-refractivity contribution in [3.8, 4) is 0 Å². The maximum atomic E-state index is 12.3. The summed E-state index contributed by atoms with van der Waals surface area (Å²) in [6.07, 6.45) is -14.1. The lowest BCUT2D eigenvalue weighted by Crippen LogP contribution is -2.63. The van der Waals surface area contributed by atoms with Gasteiger partial charge in [-0.3, -0.25) is 0 Å². The highest BCUT2D eigenvalue weighted by Gasteiger charge is 2.74. The molecule has 2 nitrogen and oxygen atoms in total. The van der Waals surface area contributed by atoms with Gasteiger partial charge in [-0.1, -0.05) is 6.42 Å². The Hall–Kier alpha value is -0.500. The predicted molar refractivity (Wildman–Crippen MR) is 40.4 cm³/mol. The molecule has 0 aromatic heterocycles. The Morgan fingerprint density at radius 3 is 1.56 bits per heavy atom. The van der Waals surface area contributed by atoms with Gasteiger partial charge in [-0.25, -0.2) is 0 Å². The van der Waals surface area contributed by atoms with Crippen molar-refractivity contribution in [3.05, 3.63) is 0 Å². The summed E-state index contributed by atoms with van der Waals surface area (Å²) in [5.41, 5.74) is -4.82. The minimum atomic E-state index is -5.85. The van der Waals surface area contributed by atoms with Crippen molar-refractivity contribution >= 4 is 0 Å². The normalized spacial score (nSPS) is 28.5. The lowest BCUT2D eigenvalue weighted by atomic mass is 9.83. The highest BCUT2D eigenvalue weighted by molar-refractivity contribution is 5.03. The molecule has 0 heterocycles. The summed E-state index contributed by atoms with van der Waals surface area (Å²) in [7, 11) is 0. The van der Waals surface area contributed by atoms with Crippen molar-refractivity contribution in [2.75, 3.05) is 0 Å². The first kappa shape index (κ1) is 13.6. The second-order valence-electron chi connectivity index (χ2n) is 3.87. The third-order valence-electron chi connectivity index (χ3n) is 2.88. The van der Waals surface area contributed by atoms with Gasteiger partial charge in [0.2, 0.25) is 0 Å². The Labute approximate surface area is 86.9 Å².